The molecule has 0 bridgehead atoms. The van der Waals surface area contributed by atoms with Crippen LogP contribution in [-0.2, 0) is 10.0 Å². The Balaban J connectivity index is 2.05. The summed E-state index contributed by atoms with van der Waals surface area (Å²) in [6, 6.07) is 11.0. The van der Waals surface area contributed by atoms with Crippen LogP contribution in [0.3, 0.4) is 0 Å². The van der Waals surface area contributed by atoms with Crippen LogP contribution in [0.5, 0.6) is 0 Å². The molecule has 118 valence electrons. The summed E-state index contributed by atoms with van der Waals surface area (Å²) < 4.78 is 26.6. The number of amides is 2. The number of aryl methyl sites for hydroxylation is 1. The lowest BCUT2D eigenvalue weighted by Crippen LogP contribution is -2.26. The normalized spacial score (nSPS) is 13.7. The number of carbonyl (C=O) groups is 2. The molecule has 0 unspecified atom stereocenters. The summed E-state index contributed by atoms with van der Waals surface area (Å²) in [5, 5.41) is 2.14. The molecule has 0 spiro atoms. The van der Waals surface area contributed by atoms with Gasteiger partial charge in [-0.25, -0.2) is 8.42 Å². The van der Waals surface area contributed by atoms with Crippen LogP contribution in [0.1, 0.15) is 26.3 Å². The van der Waals surface area contributed by atoms with Gasteiger partial charge in [0.2, 0.25) is 0 Å². The lowest BCUT2D eigenvalue weighted by Gasteiger charge is -2.20. The standard InChI is InChI=1S/C16H14N2O4S/c1-10-4-3-5-11(8-10)18(2)23(21,22)12-6-7-13-14(9-12)16(20)17-15(13)19/h3-9H,1-2H3,(H,17,19,20). The van der Waals surface area contributed by atoms with Crippen LogP contribution in [0.15, 0.2) is 47.4 Å². The zero-order chi connectivity index (χ0) is 16.8. The fraction of sp³-hybridized carbons (Fsp3) is 0.125. The summed E-state index contributed by atoms with van der Waals surface area (Å²) >= 11 is 0. The molecular formula is C16H14N2O4S. The Hall–Kier alpha value is -2.67. The molecule has 1 aliphatic heterocycles. The van der Waals surface area contributed by atoms with Crippen LogP contribution >= 0.6 is 0 Å². The molecular weight excluding hydrogens is 316 g/mol. The lowest BCUT2D eigenvalue weighted by atomic mass is 10.1. The molecule has 0 aromatic heterocycles. The molecule has 2 amide bonds. The third-order valence-electron chi connectivity index (χ3n) is 3.73. The molecule has 7 heteroatoms. The van der Waals surface area contributed by atoms with Crippen molar-refractivity contribution in [2.75, 3.05) is 11.4 Å². The molecule has 23 heavy (non-hydrogen) atoms. The summed E-state index contributed by atoms with van der Waals surface area (Å²) in [6.07, 6.45) is 0. The summed E-state index contributed by atoms with van der Waals surface area (Å²) in [4.78, 5) is 23.2. The summed E-state index contributed by atoms with van der Waals surface area (Å²) in [5.41, 5.74) is 1.72. The molecule has 0 radical (unpaired) electrons. The summed E-state index contributed by atoms with van der Waals surface area (Å²) in [6.45, 7) is 1.87. The highest BCUT2D eigenvalue weighted by Gasteiger charge is 2.30. The minimum Gasteiger partial charge on any atom is -0.288 e. The van der Waals surface area contributed by atoms with Gasteiger partial charge in [-0.3, -0.25) is 19.2 Å². The monoisotopic (exact) mass is 330 g/mol. The number of hydrogen-bond acceptors (Lipinski definition) is 4. The number of hydrogen-bond donors (Lipinski definition) is 1. The molecule has 1 heterocycles. The van der Waals surface area contributed by atoms with Crippen molar-refractivity contribution in [1.82, 2.24) is 5.32 Å². The third-order valence-corrected chi connectivity index (χ3v) is 5.51. The van der Waals surface area contributed by atoms with E-state index in [0.29, 0.717) is 5.69 Å². The van der Waals surface area contributed by atoms with Crippen LogP contribution in [0.4, 0.5) is 5.69 Å². The Morgan fingerprint density at radius 1 is 0.957 bits per heavy atom. The number of sulfonamides is 1. The molecule has 2 aromatic rings. The Bertz CT molecular complexity index is 935. The Morgan fingerprint density at radius 3 is 2.35 bits per heavy atom. The minimum atomic E-state index is -3.83. The molecule has 2 aromatic carbocycles. The van der Waals surface area contributed by atoms with Crippen molar-refractivity contribution in [1.29, 1.82) is 0 Å². The first-order chi connectivity index (χ1) is 10.8. The number of imide groups is 1. The van der Waals surface area contributed by atoms with Crippen molar-refractivity contribution in [2.45, 2.75) is 11.8 Å². The van der Waals surface area contributed by atoms with Crippen molar-refractivity contribution < 1.29 is 18.0 Å². The van der Waals surface area contributed by atoms with E-state index in [2.05, 4.69) is 5.32 Å². The fourth-order valence-electron chi connectivity index (χ4n) is 2.43. The number of rotatable bonds is 3. The Morgan fingerprint density at radius 2 is 1.65 bits per heavy atom. The van der Waals surface area contributed by atoms with Gasteiger partial charge in [-0.05, 0) is 42.8 Å². The number of nitrogens with zero attached hydrogens (tertiary/aromatic N) is 1. The first kappa shape index (κ1) is 15.2. The highest BCUT2D eigenvalue weighted by atomic mass is 32.2. The van der Waals surface area contributed by atoms with Crippen molar-refractivity contribution >= 4 is 27.5 Å². The maximum Gasteiger partial charge on any atom is 0.264 e. The van der Waals surface area contributed by atoms with Crippen molar-refractivity contribution in [3.8, 4) is 0 Å². The summed E-state index contributed by atoms with van der Waals surface area (Å²) in [5.74, 6) is -1.10. The molecule has 1 aliphatic rings. The van der Waals surface area contributed by atoms with Crippen LogP contribution < -0.4 is 9.62 Å². The number of anilines is 1. The zero-order valence-electron chi connectivity index (χ0n) is 12.5. The van der Waals surface area contributed by atoms with Crippen LogP contribution in [0.25, 0.3) is 0 Å². The Labute approximate surface area is 133 Å². The van der Waals surface area contributed by atoms with E-state index in [1.807, 2.05) is 13.0 Å². The van der Waals surface area contributed by atoms with E-state index in [-0.39, 0.29) is 16.0 Å². The van der Waals surface area contributed by atoms with E-state index in [1.54, 1.807) is 18.2 Å². The van der Waals surface area contributed by atoms with E-state index >= 15 is 0 Å². The van der Waals surface area contributed by atoms with Gasteiger partial charge in [0.25, 0.3) is 21.8 Å². The van der Waals surface area contributed by atoms with Crippen LogP contribution in [0.2, 0.25) is 0 Å². The van der Waals surface area contributed by atoms with Gasteiger partial charge in [-0.2, -0.15) is 0 Å². The van der Waals surface area contributed by atoms with Gasteiger partial charge < -0.3 is 0 Å². The topological polar surface area (TPSA) is 83.6 Å². The molecule has 3 rings (SSSR count). The van der Waals surface area contributed by atoms with E-state index < -0.39 is 21.8 Å². The van der Waals surface area contributed by atoms with E-state index in [9.17, 15) is 18.0 Å². The molecule has 1 N–H and O–H groups in total. The van der Waals surface area contributed by atoms with E-state index in [1.165, 1.54) is 25.2 Å². The SMILES string of the molecule is Cc1cccc(N(C)S(=O)(=O)c2ccc3c(c2)C(=O)NC3=O)c1. The average Bonchev–Trinajstić information content (AvgIpc) is 2.81. The summed E-state index contributed by atoms with van der Waals surface area (Å²) in [7, 11) is -2.38. The molecule has 0 atom stereocenters. The highest BCUT2D eigenvalue weighted by Crippen LogP contribution is 2.26. The average molecular weight is 330 g/mol. The quantitative estimate of drug-likeness (QED) is 0.868. The molecule has 0 saturated heterocycles. The van der Waals surface area contributed by atoms with Gasteiger partial charge in [-0.1, -0.05) is 12.1 Å². The van der Waals surface area contributed by atoms with Crippen molar-refractivity contribution in [3.63, 3.8) is 0 Å². The van der Waals surface area contributed by atoms with Crippen LogP contribution in [-0.4, -0.2) is 27.3 Å². The Kier molecular flexibility index (Phi) is 3.45. The molecule has 0 aliphatic carbocycles. The second kappa shape index (κ2) is 5.20. The van der Waals surface area contributed by atoms with Crippen molar-refractivity contribution in [3.05, 3.63) is 59.2 Å². The number of benzene rings is 2. The second-order valence-electron chi connectivity index (χ2n) is 5.30. The van der Waals surface area contributed by atoms with E-state index in [0.717, 1.165) is 9.87 Å². The first-order valence-electron chi connectivity index (χ1n) is 6.86. The zero-order valence-corrected chi connectivity index (χ0v) is 13.3. The predicted molar refractivity (Wildman–Crippen MR) is 85.0 cm³/mol. The third kappa shape index (κ3) is 2.49. The van der Waals surface area contributed by atoms with Crippen LogP contribution in [0, 0.1) is 6.92 Å². The number of fused-ring (bicyclic) bond motifs is 1. The van der Waals surface area contributed by atoms with Gasteiger partial charge in [-0.15, -0.1) is 0 Å². The molecule has 0 saturated carbocycles. The van der Waals surface area contributed by atoms with Gasteiger partial charge in [0.15, 0.2) is 0 Å². The number of nitrogens with one attached hydrogen (secondary N) is 1. The van der Waals surface area contributed by atoms with Gasteiger partial charge >= 0.3 is 0 Å². The first-order valence-corrected chi connectivity index (χ1v) is 8.30. The molecule has 0 fully saturated rings. The lowest BCUT2D eigenvalue weighted by molar-refractivity contribution is 0.0879. The van der Waals surface area contributed by atoms with Crippen molar-refractivity contribution in [2.24, 2.45) is 0 Å². The largest absolute Gasteiger partial charge is 0.288 e. The van der Waals surface area contributed by atoms with Gasteiger partial charge in [0.05, 0.1) is 21.7 Å². The smallest absolute Gasteiger partial charge is 0.264 e. The minimum absolute atomic E-state index is 0.0369. The highest BCUT2D eigenvalue weighted by molar-refractivity contribution is 7.92. The van der Waals surface area contributed by atoms with Gasteiger partial charge in [0, 0.05) is 7.05 Å². The number of carbonyl (C=O) groups excluding carboxylic acids is 2. The van der Waals surface area contributed by atoms with E-state index in [4.69, 9.17) is 0 Å². The van der Waals surface area contributed by atoms with Gasteiger partial charge in [0.1, 0.15) is 0 Å². The maximum absolute atomic E-state index is 12.7. The predicted octanol–water partition coefficient (Wildman–Crippen LogP) is 1.70. The molecule has 6 nitrogen and oxygen atoms in total. The maximum atomic E-state index is 12.7. The second-order valence-corrected chi connectivity index (χ2v) is 7.27. The fourth-order valence-corrected chi connectivity index (χ4v) is 3.64.